The van der Waals surface area contributed by atoms with Crippen LogP contribution >= 0.6 is 0 Å². The largest absolute Gasteiger partial charge is 0.252 e. The zero-order valence-electron chi connectivity index (χ0n) is 7.92. The van der Waals surface area contributed by atoms with E-state index in [-0.39, 0.29) is 17.1 Å². The number of halogens is 1. The number of hydrogen-bond acceptors (Lipinski definition) is 4. The highest BCUT2D eigenvalue weighted by Gasteiger charge is 2.08. The smallest absolute Gasteiger partial charge is 0.217 e. The minimum Gasteiger partial charge on any atom is -0.217 e. The fraction of sp³-hybridized carbons (Fsp3) is 0. The minimum atomic E-state index is -0.589. The van der Waals surface area contributed by atoms with Gasteiger partial charge in [0.15, 0.2) is 0 Å². The van der Waals surface area contributed by atoms with E-state index in [1.54, 1.807) is 6.07 Å². The zero-order valence-corrected chi connectivity index (χ0v) is 7.92. The van der Waals surface area contributed by atoms with Crippen molar-refractivity contribution in [2.45, 2.75) is 0 Å². The van der Waals surface area contributed by atoms with Crippen LogP contribution in [0.15, 0.2) is 24.5 Å². The molecule has 0 aliphatic carbocycles. The highest BCUT2D eigenvalue weighted by atomic mass is 19.1. The monoisotopic (exact) mass is 213 g/mol. The lowest BCUT2D eigenvalue weighted by Gasteiger charge is -2.01. The molecule has 0 radical (unpaired) electrons. The SMILES string of the molecule is N#Cc1ccc(-n2cnc(C#N)n2)c(F)c1. The third-order valence-corrected chi connectivity index (χ3v) is 1.92. The highest BCUT2D eigenvalue weighted by Crippen LogP contribution is 2.13. The third kappa shape index (κ3) is 1.60. The van der Waals surface area contributed by atoms with E-state index in [0.29, 0.717) is 0 Å². The van der Waals surface area contributed by atoms with E-state index in [4.69, 9.17) is 10.5 Å². The molecule has 0 N–H and O–H groups in total. The second-order valence-corrected chi connectivity index (χ2v) is 2.90. The standard InChI is InChI=1S/C10H4FN5/c11-8-3-7(4-12)1-2-9(8)16-6-14-10(5-13)15-16/h1-3,6H. The number of rotatable bonds is 1. The summed E-state index contributed by atoms with van der Waals surface area (Å²) in [6.45, 7) is 0. The topological polar surface area (TPSA) is 78.3 Å². The molecule has 5 nitrogen and oxygen atoms in total. The Hall–Kier alpha value is -2.73. The number of nitriles is 2. The Morgan fingerprint density at radius 3 is 2.62 bits per heavy atom. The van der Waals surface area contributed by atoms with E-state index >= 15 is 0 Å². The first-order valence-corrected chi connectivity index (χ1v) is 4.26. The summed E-state index contributed by atoms with van der Waals surface area (Å²) >= 11 is 0. The molecule has 0 aliphatic rings. The highest BCUT2D eigenvalue weighted by molar-refractivity contribution is 5.40. The van der Waals surface area contributed by atoms with Gasteiger partial charge in [-0.3, -0.25) is 0 Å². The predicted octanol–water partition coefficient (Wildman–Crippen LogP) is 1.15. The number of nitrogens with zero attached hydrogens (tertiary/aromatic N) is 5. The molecule has 0 saturated heterocycles. The van der Waals surface area contributed by atoms with Crippen LogP contribution in [0, 0.1) is 28.5 Å². The molecule has 1 heterocycles. The summed E-state index contributed by atoms with van der Waals surface area (Å²) in [7, 11) is 0. The van der Waals surface area contributed by atoms with E-state index in [1.165, 1.54) is 18.5 Å². The summed E-state index contributed by atoms with van der Waals surface area (Å²) in [5, 5.41) is 20.8. The fourth-order valence-corrected chi connectivity index (χ4v) is 1.19. The molecule has 1 aromatic carbocycles. The van der Waals surface area contributed by atoms with Crippen LogP contribution in [0.25, 0.3) is 5.69 Å². The van der Waals surface area contributed by atoms with Gasteiger partial charge in [-0.25, -0.2) is 14.1 Å². The van der Waals surface area contributed by atoms with Crippen LogP contribution in [0.5, 0.6) is 0 Å². The molecule has 0 atom stereocenters. The van der Waals surface area contributed by atoms with Crippen LogP contribution in [-0.4, -0.2) is 14.8 Å². The first-order valence-electron chi connectivity index (χ1n) is 4.26. The molecule has 6 heteroatoms. The van der Waals surface area contributed by atoms with Gasteiger partial charge < -0.3 is 0 Å². The maximum Gasteiger partial charge on any atom is 0.252 e. The molecule has 0 aliphatic heterocycles. The molecular formula is C10H4FN5. The van der Waals surface area contributed by atoms with E-state index < -0.39 is 5.82 Å². The molecule has 0 bridgehead atoms. The number of aromatic nitrogens is 3. The molecule has 0 unspecified atom stereocenters. The van der Waals surface area contributed by atoms with Crippen LogP contribution in [0.3, 0.4) is 0 Å². The van der Waals surface area contributed by atoms with Crippen LogP contribution in [0.4, 0.5) is 4.39 Å². The van der Waals surface area contributed by atoms with Crippen molar-refractivity contribution in [2.75, 3.05) is 0 Å². The molecule has 0 amide bonds. The van der Waals surface area contributed by atoms with Crippen molar-refractivity contribution in [3.8, 4) is 17.8 Å². The summed E-state index contributed by atoms with van der Waals surface area (Å²) in [4.78, 5) is 3.65. The molecule has 76 valence electrons. The van der Waals surface area contributed by atoms with Gasteiger partial charge in [-0.1, -0.05) is 0 Å². The molecule has 2 aromatic rings. The van der Waals surface area contributed by atoms with Crippen molar-refractivity contribution in [1.29, 1.82) is 10.5 Å². The Morgan fingerprint density at radius 2 is 2.06 bits per heavy atom. The molecular weight excluding hydrogens is 209 g/mol. The van der Waals surface area contributed by atoms with Crippen LogP contribution in [-0.2, 0) is 0 Å². The molecule has 2 rings (SSSR count). The third-order valence-electron chi connectivity index (χ3n) is 1.92. The molecule has 16 heavy (non-hydrogen) atoms. The van der Waals surface area contributed by atoms with Crippen molar-refractivity contribution in [3.05, 3.63) is 41.7 Å². The van der Waals surface area contributed by atoms with Crippen LogP contribution in [0.2, 0.25) is 0 Å². The lowest BCUT2D eigenvalue weighted by Crippen LogP contribution is -1.99. The minimum absolute atomic E-state index is 0.0382. The molecule has 1 aromatic heterocycles. The van der Waals surface area contributed by atoms with Gasteiger partial charge in [0.2, 0.25) is 0 Å². The second kappa shape index (κ2) is 3.79. The summed E-state index contributed by atoms with van der Waals surface area (Å²) in [5.74, 6) is -0.628. The van der Waals surface area contributed by atoms with E-state index in [1.807, 2.05) is 6.07 Å². The Bertz CT molecular complexity index is 617. The van der Waals surface area contributed by atoms with Gasteiger partial charge in [0.05, 0.1) is 11.6 Å². The van der Waals surface area contributed by atoms with Crippen molar-refractivity contribution in [3.63, 3.8) is 0 Å². The van der Waals surface area contributed by atoms with Crippen LogP contribution < -0.4 is 0 Å². The summed E-state index contributed by atoms with van der Waals surface area (Å²) < 4.78 is 14.7. The van der Waals surface area contributed by atoms with Gasteiger partial charge in [-0.15, -0.1) is 5.10 Å². The second-order valence-electron chi connectivity index (χ2n) is 2.90. The Labute approximate surface area is 90.0 Å². The molecule has 0 spiro atoms. The van der Waals surface area contributed by atoms with Crippen molar-refractivity contribution < 1.29 is 4.39 Å². The lowest BCUT2D eigenvalue weighted by atomic mass is 10.2. The quantitative estimate of drug-likeness (QED) is 0.711. The first kappa shape index (κ1) is 9.81. The van der Waals surface area contributed by atoms with Gasteiger partial charge in [-0.2, -0.15) is 10.5 Å². The van der Waals surface area contributed by atoms with Gasteiger partial charge in [-0.05, 0) is 18.2 Å². The number of benzene rings is 1. The average molecular weight is 213 g/mol. The number of hydrogen-bond donors (Lipinski definition) is 0. The zero-order chi connectivity index (χ0) is 11.5. The van der Waals surface area contributed by atoms with Crippen molar-refractivity contribution in [1.82, 2.24) is 14.8 Å². The van der Waals surface area contributed by atoms with Crippen molar-refractivity contribution >= 4 is 0 Å². The van der Waals surface area contributed by atoms with E-state index in [2.05, 4.69) is 10.1 Å². The summed E-state index contributed by atoms with van der Waals surface area (Å²) in [5.41, 5.74) is 0.370. The molecule has 0 fully saturated rings. The van der Waals surface area contributed by atoms with Gasteiger partial charge in [0.25, 0.3) is 5.82 Å². The Morgan fingerprint density at radius 1 is 1.25 bits per heavy atom. The summed E-state index contributed by atoms with van der Waals surface area (Å²) in [6.07, 6.45) is 1.24. The Balaban J connectivity index is 2.50. The maximum absolute atomic E-state index is 13.5. The van der Waals surface area contributed by atoms with Gasteiger partial charge >= 0.3 is 0 Å². The average Bonchev–Trinajstić information content (AvgIpc) is 2.77. The van der Waals surface area contributed by atoms with E-state index in [9.17, 15) is 4.39 Å². The Kier molecular flexibility index (Phi) is 2.33. The lowest BCUT2D eigenvalue weighted by molar-refractivity contribution is 0.610. The van der Waals surface area contributed by atoms with E-state index in [0.717, 1.165) is 10.7 Å². The summed E-state index contributed by atoms with van der Waals surface area (Å²) in [6, 6.07) is 7.54. The van der Waals surface area contributed by atoms with Crippen LogP contribution in [0.1, 0.15) is 11.4 Å². The maximum atomic E-state index is 13.5. The van der Waals surface area contributed by atoms with Gasteiger partial charge in [0, 0.05) is 0 Å². The van der Waals surface area contributed by atoms with Crippen molar-refractivity contribution in [2.24, 2.45) is 0 Å². The normalized spacial score (nSPS) is 9.44. The first-order chi connectivity index (χ1) is 7.74. The van der Waals surface area contributed by atoms with Gasteiger partial charge in [0.1, 0.15) is 23.9 Å². The predicted molar refractivity (Wildman–Crippen MR) is 50.7 cm³/mol. The fourth-order valence-electron chi connectivity index (χ4n) is 1.19. The molecule has 0 saturated carbocycles.